The second-order valence-electron chi connectivity index (χ2n) is 3.81. The smallest absolute Gasteiger partial charge is 0.370 e. The van der Waals surface area contributed by atoms with E-state index in [9.17, 15) is 8.42 Å². The van der Waals surface area contributed by atoms with Crippen LogP contribution in [-0.4, -0.2) is 13.0 Å². The highest BCUT2D eigenvalue weighted by molar-refractivity contribution is 7.81. The molecular weight excluding hydrogens is 228 g/mol. The van der Waals surface area contributed by atoms with Crippen LogP contribution < -0.4 is 0 Å². The van der Waals surface area contributed by atoms with Gasteiger partial charge in [-0.2, -0.15) is 8.42 Å². The Labute approximate surface area is 98.7 Å². The van der Waals surface area contributed by atoms with Crippen LogP contribution in [0.25, 0.3) is 0 Å². The molecule has 96 valence electrons. The van der Waals surface area contributed by atoms with Crippen LogP contribution >= 0.6 is 0 Å². The zero-order chi connectivity index (χ0) is 12.3. The fourth-order valence-electron chi connectivity index (χ4n) is 1.40. The predicted octanol–water partition coefficient (Wildman–Crippen LogP) is 3.46. The first-order chi connectivity index (χ1) is 7.56. The summed E-state index contributed by atoms with van der Waals surface area (Å²) in [4.78, 5) is 0. The molecule has 1 N–H and O–H groups in total. The third-order valence-corrected chi connectivity index (χ3v) is 2.60. The highest BCUT2D eigenvalue weighted by Gasteiger charge is 1.98. The summed E-state index contributed by atoms with van der Waals surface area (Å²) in [5.41, 5.74) is 0. The van der Waals surface area contributed by atoms with Gasteiger partial charge in [0.2, 0.25) is 0 Å². The van der Waals surface area contributed by atoms with Crippen LogP contribution in [0, 0.1) is 0 Å². The molecular formula is C11H22O4S. The lowest BCUT2D eigenvalue weighted by Crippen LogP contribution is -1.96. The second kappa shape index (κ2) is 9.66. The van der Waals surface area contributed by atoms with Crippen LogP contribution in [0.15, 0.2) is 12.3 Å². The molecule has 0 atom stereocenters. The molecule has 0 bridgehead atoms. The van der Waals surface area contributed by atoms with E-state index in [4.69, 9.17) is 4.55 Å². The zero-order valence-electron chi connectivity index (χ0n) is 9.89. The first-order valence-electron chi connectivity index (χ1n) is 5.87. The van der Waals surface area contributed by atoms with Crippen molar-refractivity contribution in [2.24, 2.45) is 0 Å². The van der Waals surface area contributed by atoms with E-state index in [0.29, 0.717) is 0 Å². The summed E-state index contributed by atoms with van der Waals surface area (Å²) in [6.07, 6.45) is 12.0. The van der Waals surface area contributed by atoms with Gasteiger partial charge in [-0.05, 0) is 18.9 Å². The van der Waals surface area contributed by atoms with Gasteiger partial charge in [0, 0.05) is 0 Å². The Kier molecular flexibility index (Phi) is 9.33. The number of allylic oxidation sites excluding steroid dienone is 1. The first kappa shape index (κ1) is 15.4. The van der Waals surface area contributed by atoms with Gasteiger partial charge in [-0.1, -0.05) is 45.4 Å². The molecule has 0 aliphatic carbocycles. The third kappa shape index (κ3) is 13.4. The molecule has 0 aliphatic heterocycles. The molecule has 0 saturated heterocycles. The van der Waals surface area contributed by atoms with Gasteiger partial charge >= 0.3 is 10.4 Å². The van der Waals surface area contributed by atoms with Crippen LogP contribution in [0.1, 0.15) is 58.3 Å². The fraction of sp³-hybridized carbons (Fsp3) is 0.818. The van der Waals surface area contributed by atoms with Crippen molar-refractivity contribution in [3.8, 4) is 0 Å². The molecule has 0 radical (unpaired) electrons. The summed E-state index contributed by atoms with van der Waals surface area (Å²) in [5.74, 6) is 0. The number of rotatable bonds is 10. The lowest BCUT2D eigenvalue weighted by Gasteiger charge is -1.98. The van der Waals surface area contributed by atoms with E-state index < -0.39 is 10.4 Å². The van der Waals surface area contributed by atoms with Crippen LogP contribution in [0.2, 0.25) is 0 Å². The van der Waals surface area contributed by atoms with E-state index in [-0.39, 0.29) is 0 Å². The SMILES string of the molecule is CCCCCCCCC/C=C/OS(=O)(=O)O. The summed E-state index contributed by atoms with van der Waals surface area (Å²) < 4.78 is 32.6. The number of unbranched alkanes of at least 4 members (excludes halogenated alkanes) is 7. The van der Waals surface area contributed by atoms with Crippen molar-refractivity contribution in [1.82, 2.24) is 0 Å². The second-order valence-corrected chi connectivity index (χ2v) is 4.85. The standard InChI is InChI=1S/C11H22O4S/c1-2-3-4-5-6-7-8-9-10-11-15-16(12,13)14/h10-11H,2-9H2,1H3,(H,12,13,14)/b11-10+. The Morgan fingerprint density at radius 1 is 1.06 bits per heavy atom. The first-order valence-corrected chi connectivity index (χ1v) is 7.23. The molecule has 0 aliphatic rings. The molecule has 4 nitrogen and oxygen atoms in total. The third-order valence-electron chi connectivity index (χ3n) is 2.25. The van der Waals surface area contributed by atoms with E-state index >= 15 is 0 Å². The van der Waals surface area contributed by atoms with Gasteiger partial charge in [-0.3, -0.25) is 4.55 Å². The number of hydrogen-bond acceptors (Lipinski definition) is 3. The molecule has 0 amide bonds. The van der Waals surface area contributed by atoms with Gasteiger partial charge in [-0.25, -0.2) is 0 Å². The zero-order valence-corrected chi connectivity index (χ0v) is 10.7. The van der Waals surface area contributed by atoms with Crippen molar-refractivity contribution in [2.75, 3.05) is 0 Å². The maximum Gasteiger partial charge on any atom is 0.445 e. The van der Waals surface area contributed by atoms with Gasteiger partial charge in [0.15, 0.2) is 0 Å². The van der Waals surface area contributed by atoms with Crippen molar-refractivity contribution < 1.29 is 17.2 Å². The summed E-state index contributed by atoms with van der Waals surface area (Å²) in [7, 11) is -4.32. The molecule has 5 heteroatoms. The highest BCUT2D eigenvalue weighted by atomic mass is 32.3. The van der Waals surface area contributed by atoms with Crippen LogP contribution in [-0.2, 0) is 14.6 Å². The molecule has 16 heavy (non-hydrogen) atoms. The van der Waals surface area contributed by atoms with Gasteiger partial charge < -0.3 is 4.18 Å². The summed E-state index contributed by atoms with van der Waals surface area (Å²) in [6, 6.07) is 0. The fourth-order valence-corrected chi connectivity index (χ4v) is 1.62. The summed E-state index contributed by atoms with van der Waals surface area (Å²) in [5, 5.41) is 0. The van der Waals surface area contributed by atoms with Crippen molar-refractivity contribution in [1.29, 1.82) is 0 Å². The van der Waals surface area contributed by atoms with Crippen molar-refractivity contribution in [2.45, 2.75) is 58.3 Å². The van der Waals surface area contributed by atoms with Gasteiger partial charge in [-0.15, -0.1) is 0 Å². The molecule has 0 heterocycles. The molecule has 0 spiro atoms. The molecule has 0 aromatic rings. The Bertz CT molecular complexity index is 270. The normalized spacial score (nSPS) is 12.1. The number of hydrogen-bond donors (Lipinski definition) is 1. The van der Waals surface area contributed by atoms with E-state index in [1.54, 1.807) is 6.08 Å². The van der Waals surface area contributed by atoms with Gasteiger partial charge in [0.05, 0.1) is 0 Å². The van der Waals surface area contributed by atoms with Gasteiger partial charge in [0.1, 0.15) is 6.26 Å². The summed E-state index contributed by atoms with van der Waals surface area (Å²) >= 11 is 0. The average Bonchev–Trinajstić information content (AvgIpc) is 2.19. The molecule has 0 aromatic heterocycles. The van der Waals surface area contributed by atoms with Gasteiger partial charge in [0.25, 0.3) is 0 Å². The van der Waals surface area contributed by atoms with Crippen molar-refractivity contribution >= 4 is 10.4 Å². The van der Waals surface area contributed by atoms with Crippen molar-refractivity contribution in [3.05, 3.63) is 12.3 Å². The minimum atomic E-state index is -4.32. The van der Waals surface area contributed by atoms with E-state index in [0.717, 1.165) is 25.5 Å². The Morgan fingerprint density at radius 3 is 2.19 bits per heavy atom. The monoisotopic (exact) mass is 250 g/mol. The van der Waals surface area contributed by atoms with Crippen LogP contribution in [0.5, 0.6) is 0 Å². The lowest BCUT2D eigenvalue weighted by atomic mass is 10.1. The quantitative estimate of drug-likeness (QED) is 0.366. The Hall–Kier alpha value is -0.550. The molecule has 0 rings (SSSR count). The minimum Gasteiger partial charge on any atom is -0.370 e. The Morgan fingerprint density at radius 2 is 1.62 bits per heavy atom. The maximum atomic E-state index is 10.1. The molecule has 0 aromatic carbocycles. The lowest BCUT2D eigenvalue weighted by molar-refractivity contribution is 0.355. The average molecular weight is 250 g/mol. The summed E-state index contributed by atoms with van der Waals surface area (Å²) in [6.45, 7) is 2.19. The molecule has 0 saturated carbocycles. The largest absolute Gasteiger partial charge is 0.445 e. The topological polar surface area (TPSA) is 63.6 Å². The van der Waals surface area contributed by atoms with E-state index in [2.05, 4.69) is 11.1 Å². The predicted molar refractivity (Wildman–Crippen MR) is 64.4 cm³/mol. The highest BCUT2D eigenvalue weighted by Crippen LogP contribution is 2.08. The molecule has 0 unspecified atom stereocenters. The van der Waals surface area contributed by atoms with Crippen LogP contribution in [0.4, 0.5) is 0 Å². The Balaban J connectivity index is 3.21. The maximum absolute atomic E-state index is 10.1. The minimum absolute atomic E-state index is 0.781. The van der Waals surface area contributed by atoms with Crippen molar-refractivity contribution in [3.63, 3.8) is 0 Å². The van der Waals surface area contributed by atoms with E-state index in [1.165, 1.54) is 32.1 Å². The van der Waals surface area contributed by atoms with Crippen LogP contribution in [0.3, 0.4) is 0 Å². The van der Waals surface area contributed by atoms with E-state index in [1.807, 2.05) is 0 Å². The molecule has 0 fully saturated rings.